The first-order valence-corrected chi connectivity index (χ1v) is 14.2. The number of ketones is 1. The van der Waals surface area contributed by atoms with Crippen LogP contribution >= 0.6 is 0 Å². The van der Waals surface area contributed by atoms with Crippen LogP contribution in [0.15, 0.2) is 34.3 Å². The number of carbonyl (C=O) groups is 1. The number of aliphatic hydroxyl groups is 1. The highest BCUT2D eigenvalue weighted by molar-refractivity contribution is 5.91. The number of allylic oxidation sites excluding steroid dienone is 2. The predicted octanol–water partition coefficient (Wildman–Crippen LogP) is 1.31. The van der Waals surface area contributed by atoms with Crippen molar-refractivity contribution in [3.63, 3.8) is 0 Å². The number of nitrogens with one attached hydrogen (secondary N) is 1. The molecule has 2 bridgehead atoms. The van der Waals surface area contributed by atoms with E-state index in [1.807, 2.05) is 14.0 Å². The number of rotatable bonds is 8. The number of hydrogen-bond donors (Lipinski definition) is 2. The van der Waals surface area contributed by atoms with Crippen molar-refractivity contribution < 1.29 is 47.8 Å². The maximum atomic E-state index is 13.5. The lowest BCUT2D eigenvalue weighted by molar-refractivity contribution is -0.370. The van der Waals surface area contributed by atoms with E-state index in [2.05, 4.69) is 18.3 Å². The van der Waals surface area contributed by atoms with Crippen LogP contribution in [0.4, 0.5) is 0 Å². The number of aliphatic hydroxyl groups excluding tert-OH is 1. The lowest BCUT2D eigenvalue weighted by Gasteiger charge is -2.55. The van der Waals surface area contributed by atoms with Gasteiger partial charge in [-0.25, -0.2) is 0 Å². The summed E-state index contributed by atoms with van der Waals surface area (Å²) in [6, 6.07) is 0. The molecule has 11 nitrogen and oxygen atoms in total. The van der Waals surface area contributed by atoms with E-state index in [-0.39, 0.29) is 24.2 Å². The Bertz CT molecular complexity index is 1220. The van der Waals surface area contributed by atoms with Crippen molar-refractivity contribution >= 4 is 5.78 Å². The Balaban J connectivity index is 1.43. The molecular formula is C29H39NO10. The van der Waals surface area contributed by atoms with E-state index in [9.17, 15) is 9.90 Å². The second-order valence-corrected chi connectivity index (χ2v) is 12.1. The van der Waals surface area contributed by atoms with Gasteiger partial charge in [-0.05, 0) is 38.3 Å². The van der Waals surface area contributed by atoms with Crippen molar-refractivity contribution in [2.24, 2.45) is 17.3 Å². The molecule has 2 N–H and O–H groups in total. The molecule has 3 aliphatic carbocycles. The lowest BCUT2D eigenvalue weighted by Crippen LogP contribution is -2.73. The van der Waals surface area contributed by atoms with E-state index in [1.54, 1.807) is 7.11 Å². The molecule has 0 aromatic heterocycles. The Morgan fingerprint density at radius 3 is 2.60 bits per heavy atom. The normalized spacial score (nSPS) is 46.4. The summed E-state index contributed by atoms with van der Waals surface area (Å²) in [7, 11) is 6.53. The SMILES string of the molecule is CNCCOC12OC3=C4C(=CC(C)C3C3OC(C(OC)OC)(OC31)C21CO1)C(OC)=C1CCCC(=O)C1(C)C4O. The fourth-order valence-corrected chi connectivity index (χ4v) is 8.31. The standard InChI is InChI=1S/C29H39NO10/c1-14-12-15-19(23(32)26(2)16(20(15)33-4)8-7-9-17(26)31)21-18(14)22-24-28(38-21,36-11-10-30-3)27(13-37-27)29(39-22,40-24)25(34-5)35-6/h12,14,18,22-25,30,32H,7-11,13H2,1-6H3. The topological polar surface area (TPSA) is 126 Å². The molecule has 4 aliphatic heterocycles. The number of Topliss-reactive ketones (excluding diaryl/α,β-unsaturated/α-hetero) is 1. The molecule has 7 aliphatic rings. The minimum absolute atomic E-state index is 0.0000652. The summed E-state index contributed by atoms with van der Waals surface area (Å²) < 4.78 is 50.7. The van der Waals surface area contributed by atoms with Crippen LogP contribution in [-0.2, 0) is 42.7 Å². The smallest absolute Gasteiger partial charge is 0.276 e. The Kier molecular flexibility index (Phi) is 5.97. The number of ether oxygens (including phenoxy) is 8. The molecule has 0 amide bonds. The van der Waals surface area contributed by atoms with Gasteiger partial charge in [0.1, 0.15) is 23.4 Å². The molecule has 4 saturated heterocycles. The summed E-state index contributed by atoms with van der Waals surface area (Å²) in [5.41, 5.74) is -0.112. The molecule has 0 aromatic carbocycles. The van der Waals surface area contributed by atoms with Crippen molar-refractivity contribution in [1.29, 1.82) is 0 Å². The van der Waals surface area contributed by atoms with Crippen LogP contribution in [0.25, 0.3) is 0 Å². The molecule has 0 radical (unpaired) electrons. The minimum Gasteiger partial charge on any atom is -0.496 e. The van der Waals surface area contributed by atoms with E-state index in [0.717, 1.165) is 17.6 Å². The zero-order chi connectivity index (χ0) is 28.2. The van der Waals surface area contributed by atoms with Crippen molar-refractivity contribution in [2.75, 3.05) is 48.1 Å². The van der Waals surface area contributed by atoms with Gasteiger partial charge in [0.2, 0.25) is 11.9 Å². The first-order chi connectivity index (χ1) is 19.2. The molecule has 11 heteroatoms. The van der Waals surface area contributed by atoms with Gasteiger partial charge in [-0.15, -0.1) is 0 Å². The van der Waals surface area contributed by atoms with Crippen molar-refractivity contribution in [3.8, 4) is 0 Å². The van der Waals surface area contributed by atoms with Gasteiger partial charge in [-0.1, -0.05) is 13.0 Å². The maximum absolute atomic E-state index is 13.5. The number of carbonyl (C=O) groups excluding carboxylic acids is 1. The Morgan fingerprint density at radius 1 is 1.20 bits per heavy atom. The zero-order valence-electron chi connectivity index (χ0n) is 23.9. The van der Waals surface area contributed by atoms with Gasteiger partial charge >= 0.3 is 0 Å². The third kappa shape index (κ3) is 2.90. The van der Waals surface area contributed by atoms with E-state index in [4.69, 9.17) is 37.9 Å². The molecule has 40 heavy (non-hydrogen) atoms. The summed E-state index contributed by atoms with van der Waals surface area (Å²) in [5.74, 6) is -2.02. The molecule has 9 unspecified atom stereocenters. The molecular weight excluding hydrogens is 522 g/mol. The first-order valence-electron chi connectivity index (χ1n) is 14.2. The Morgan fingerprint density at radius 2 is 1.95 bits per heavy atom. The number of hydrogen-bond acceptors (Lipinski definition) is 11. The van der Waals surface area contributed by atoms with Crippen LogP contribution in [0.2, 0.25) is 0 Å². The van der Waals surface area contributed by atoms with E-state index in [1.165, 1.54) is 14.2 Å². The monoisotopic (exact) mass is 561 g/mol. The van der Waals surface area contributed by atoms with Gasteiger partial charge in [0.15, 0.2) is 6.10 Å². The van der Waals surface area contributed by atoms with Gasteiger partial charge in [-0.2, -0.15) is 0 Å². The summed E-state index contributed by atoms with van der Waals surface area (Å²) in [4.78, 5) is 13.5. The summed E-state index contributed by atoms with van der Waals surface area (Å²) >= 11 is 0. The second kappa shape index (κ2) is 8.84. The Hall–Kier alpha value is -1.83. The molecule has 0 aromatic rings. The fourth-order valence-electron chi connectivity index (χ4n) is 8.31. The number of likely N-dealkylation sites (N-methyl/N-ethyl adjacent to an activating group) is 1. The number of epoxide rings is 1. The molecule has 9 atom stereocenters. The van der Waals surface area contributed by atoms with Crippen LogP contribution in [0.1, 0.15) is 33.1 Å². The molecule has 4 heterocycles. The third-order valence-corrected chi connectivity index (χ3v) is 10.3. The van der Waals surface area contributed by atoms with Gasteiger partial charge in [0, 0.05) is 38.3 Å². The summed E-state index contributed by atoms with van der Waals surface area (Å²) in [5, 5.41) is 15.2. The maximum Gasteiger partial charge on any atom is 0.276 e. The average molecular weight is 562 g/mol. The van der Waals surface area contributed by atoms with Gasteiger partial charge in [0.05, 0.1) is 37.8 Å². The van der Waals surface area contributed by atoms with Crippen LogP contribution in [0.3, 0.4) is 0 Å². The Labute approximate surface area is 233 Å². The van der Waals surface area contributed by atoms with Gasteiger partial charge in [-0.3, -0.25) is 4.79 Å². The highest BCUT2D eigenvalue weighted by Crippen LogP contribution is 2.71. The van der Waals surface area contributed by atoms with E-state index in [0.29, 0.717) is 43.1 Å². The molecule has 7 rings (SSSR count). The van der Waals surface area contributed by atoms with E-state index >= 15 is 0 Å². The summed E-state index contributed by atoms with van der Waals surface area (Å²) in [6.45, 7) is 5.04. The lowest BCUT2D eigenvalue weighted by atomic mass is 9.58. The highest BCUT2D eigenvalue weighted by atomic mass is 16.9. The molecule has 5 fully saturated rings. The minimum atomic E-state index is -1.41. The molecule has 1 saturated carbocycles. The number of methoxy groups -OCH3 is 3. The van der Waals surface area contributed by atoms with Crippen LogP contribution in [0, 0.1) is 17.3 Å². The third-order valence-electron chi connectivity index (χ3n) is 10.3. The van der Waals surface area contributed by atoms with E-state index < -0.39 is 47.2 Å². The summed E-state index contributed by atoms with van der Waals surface area (Å²) in [6.07, 6.45) is 0.752. The number of fused-ring (bicyclic) bond motifs is 7. The van der Waals surface area contributed by atoms with Crippen molar-refractivity contribution in [3.05, 3.63) is 34.3 Å². The van der Waals surface area contributed by atoms with Crippen molar-refractivity contribution in [1.82, 2.24) is 5.32 Å². The van der Waals surface area contributed by atoms with Crippen LogP contribution < -0.4 is 5.32 Å². The van der Waals surface area contributed by atoms with Gasteiger partial charge < -0.3 is 48.3 Å². The zero-order valence-corrected chi connectivity index (χ0v) is 23.9. The second-order valence-electron chi connectivity index (χ2n) is 12.1. The molecule has 1 spiro atoms. The predicted molar refractivity (Wildman–Crippen MR) is 137 cm³/mol. The fraction of sp³-hybridized carbons (Fsp3) is 0.759. The van der Waals surface area contributed by atoms with Crippen LogP contribution in [0.5, 0.6) is 0 Å². The largest absolute Gasteiger partial charge is 0.496 e. The quantitative estimate of drug-likeness (QED) is 0.253. The van der Waals surface area contributed by atoms with Crippen LogP contribution in [-0.4, -0.2) is 101 Å². The average Bonchev–Trinajstić information content (AvgIpc) is 3.61. The first kappa shape index (κ1) is 27.0. The molecule has 220 valence electrons. The van der Waals surface area contributed by atoms with Gasteiger partial charge in [0.25, 0.3) is 11.6 Å². The van der Waals surface area contributed by atoms with Crippen molar-refractivity contribution in [2.45, 2.75) is 74.9 Å². The highest BCUT2D eigenvalue weighted by Gasteiger charge is 2.94.